The Labute approximate surface area is 251 Å². The van der Waals surface area contributed by atoms with Gasteiger partial charge in [0.1, 0.15) is 0 Å². The number of benzene rings is 2. The van der Waals surface area contributed by atoms with Gasteiger partial charge >= 0.3 is 21.7 Å². The molecule has 1 amide bonds. The van der Waals surface area contributed by atoms with Gasteiger partial charge in [-0.15, -0.1) is 16.4 Å². The Bertz CT molecular complexity index is 1090. The van der Waals surface area contributed by atoms with Crippen LogP contribution < -0.4 is 21.3 Å². The smallest absolute Gasteiger partial charge is 0.872 e. The Hall–Kier alpha value is -2.94. The van der Waals surface area contributed by atoms with Gasteiger partial charge in [-0.05, 0) is 94.7 Å². The molecule has 0 atom stereocenters. The second kappa shape index (κ2) is 21.0. The van der Waals surface area contributed by atoms with E-state index in [0.717, 1.165) is 4.88 Å². The van der Waals surface area contributed by atoms with Gasteiger partial charge in [0.2, 0.25) is 0 Å². The van der Waals surface area contributed by atoms with Crippen LogP contribution in [0.25, 0.3) is 0 Å². The molecule has 5 rings (SSSR count). The number of rotatable bonds is 4. The van der Waals surface area contributed by atoms with E-state index in [1.807, 2.05) is 99.9 Å². The molecular weight excluding hydrogens is 544 g/mol. The zero-order valence-electron chi connectivity index (χ0n) is 21.3. The number of para-hydroxylation sites is 2. The zero-order valence-corrected chi connectivity index (χ0v) is 23.7. The predicted octanol–water partition coefficient (Wildman–Crippen LogP) is 4.20. The molecule has 0 bridgehead atoms. The third kappa shape index (κ3) is 15.3. The van der Waals surface area contributed by atoms with E-state index in [-0.39, 0.29) is 38.9 Å². The summed E-state index contributed by atoms with van der Waals surface area (Å²) in [6.07, 6.45) is 20.0. The molecule has 2 aliphatic carbocycles. The van der Waals surface area contributed by atoms with Crippen LogP contribution in [-0.4, -0.2) is 17.6 Å². The number of hydrogen-bond donors (Lipinski definition) is 2. The van der Waals surface area contributed by atoms with Crippen LogP contribution in [0.1, 0.15) is 22.2 Å². The van der Waals surface area contributed by atoms with Gasteiger partial charge in [-0.2, -0.15) is 5.10 Å². The van der Waals surface area contributed by atoms with Crippen LogP contribution in [0.2, 0.25) is 0 Å². The van der Waals surface area contributed by atoms with Gasteiger partial charge in [-0.25, -0.2) is 0 Å². The monoisotopic (exact) mass is 572 g/mol. The van der Waals surface area contributed by atoms with Gasteiger partial charge in [-0.3, -0.25) is 4.79 Å². The molecule has 2 aromatic carbocycles. The number of anilines is 1. The first-order valence-corrected chi connectivity index (χ1v) is 12.4. The normalized spacial score (nSPS) is 14.3. The van der Waals surface area contributed by atoms with Crippen molar-refractivity contribution in [1.29, 1.82) is 0 Å². The van der Waals surface area contributed by atoms with Crippen LogP contribution in [0.5, 0.6) is 5.75 Å². The van der Waals surface area contributed by atoms with E-state index in [0.29, 0.717) is 11.4 Å². The van der Waals surface area contributed by atoms with Gasteiger partial charge in [0.25, 0.3) is 5.91 Å². The minimum absolute atomic E-state index is 0. The SMILES string of the molecule is C/C(=N\N=C(\N)[O-])c1cccs1.O=C(Nc1ccccc1)c1ccccc1[O-].[CH]1[CH][CH][CH][CH]1.[CH]1[CH][CH][CH][CH]1.[Ti+4]. The van der Waals surface area contributed by atoms with Gasteiger partial charge in [0, 0.05) is 11.3 Å². The van der Waals surface area contributed by atoms with E-state index in [4.69, 9.17) is 5.73 Å². The summed E-state index contributed by atoms with van der Waals surface area (Å²) in [5.74, 6) is -0.646. The van der Waals surface area contributed by atoms with Crippen LogP contribution in [-0.2, 0) is 21.7 Å². The number of carbonyl (C=O) groups is 1. The summed E-state index contributed by atoms with van der Waals surface area (Å²) >= 11 is 1.54. The molecule has 7 nitrogen and oxygen atoms in total. The van der Waals surface area contributed by atoms with Crippen molar-refractivity contribution in [3.63, 3.8) is 0 Å². The average molecular weight is 573 g/mol. The minimum Gasteiger partial charge on any atom is -0.872 e. The topological polar surface area (TPSA) is 126 Å². The van der Waals surface area contributed by atoms with E-state index < -0.39 is 6.02 Å². The number of thiophene rings is 1. The molecule has 194 valence electrons. The fraction of sp³-hybridized carbons (Fsp3) is 0.0333. The second-order valence-electron chi connectivity index (χ2n) is 7.34. The van der Waals surface area contributed by atoms with E-state index in [9.17, 15) is 15.0 Å². The molecule has 10 radical (unpaired) electrons. The maximum absolute atomic E-state index is 11.7. The maximum atomic E-state index is 11.7. The molecule has 9 heteroatoms. The average Bonchev–Trinajstić information content (AvgIpc) is 3.75. The second-order valence-corrected chi connectivity index (χ2v) is 8.29. The van der Waals surface area contributed by atoms with Gasteiger partial charge < -0.3 is 21.3 Å². The third-order valence-electron chi connectivity index (χ3n) is 4.45. The summed E-state index contributed by atoms with van der Waals surface area (Å²) in [5, 5.41) is 33.1. The number of amides is 1. The molecule has 0 aliphatic heterocycles. The molecule has 0 saturated heterocycles. The van der Waals surface area contributed by atoms with Crippen LogP contribution in [0.3, 0.4) is 0 Å². The fourth-order valence-corrected chi connectivity index (χ4v) is 3.35. The molecule has 3 aromatic rings. The Morgan fingerprint density at radius 3 is 1.74 bits per heavy atom. The molecule has 3 N–H and O–H groups in total. The van der Waals surface area contributed by atoms with E-state index in [2.05, 4.69) is 15.5 Å². The molecule has 2 fully saturated rings. The summed E-state index contributed by atoms with van der Waals surface area (Å²) in [6, 6.07) is 18.2. The van der Waals surface area contributed by atoms with Gasteiger partial charge in [-0.1, -0.05) is 54.3 Å². The molecular formula is C30H28N4O3STi+2. The molecule has 2 saturated carbocycles. The first-order chi connectivity index (χ1) is 18.5. The summed E-state index contributed by atoms with van der Waals surface area (Å²) in [4.78, 5) is 12.7. The minimum atomic E-state index is -0.772. The maximum Gasteiger partial charge on any atom is 4.00 e. The Morgan fingerprint density at radius 1 is 0.769 bits per heavy atom. The van der Waals surface area contributed by atoms with Crippen LogP contribution in [0.4, 0.5) is 5.69 Å². The van der Waals surface area contributed by atoms with Crippen molar-refractivity contribution >= 4 is 34.7 Å². The molecule has 0 unspecified atom stereocenters. The quantitative estimate of drug-likeness (QED) is 0.210. The van der Waals surface area contributed by atoms with Crippen LogP contribution in [0, 0.1) is 64.2 Å². The van der Waals surface area contributed by atoms with Gasteiger partial charge in [0.05, 0.1) is 16.6 Å². The van der Waals surface area contributed by atoms with Crippen molar-refractivity contribution in [2.75, 3.05) is 5.32 Å². The third-order valence-corrected chi connectivity index (χ3v) is 5.43. The molecule has 1 aromatic heterocycles. The largest absolute Gasteiger partial charge is 4.00 e. The van der Waals surface area contributed by atoms with Crippen molar-refractivity contribution in [2.24, 2.45) is 15.9 Å². The summed E-state index contributed by atoms with van der Waals surface area (Å²) < 4.78 is 0. The van der Waals surface area contributed by atoms with Crippen molar-refractivity contribution < 1.29 is 36.7 Å². The molecule has 0 spiro atoms. The van der Waals surface area contributed by atoms with Crippen molar-refractivity contribution in [3.05, 3.63) is 147 Å². The van der Waals surface area contributed by atoms with Crippen molar-refractivity contribution in [1.82, 2.24) is 0 Å². The van der Waals surface area contributed by atoms with E-state index in [1.54, 1.807) is 31.2 Å². The van der Waals surface area contributed by atoms with Crippen LogP contribution in [0.15, 0.2) is 82.3 Å². The Kier molecular flexibility index (Phi) is 18.3. The fourth-order valence-electron chi connectivity index (χ4n) is 2.67. The predicted molar refractivity (Wildman–Crippen MR) is 151 cm³/mol. The van der Waals surface area contributed by atoms with E-state index in [1.165, 1.54) is 23.5 Å². The van der Waals surface area contributed by atoms with Crippen LogP contribution >= 0.6 is 11.3 Å². The molecule has 39 heavy (non-hydrogen) atoms. The number of amidine groups is 1. The first kappa shape index (κ1) is 34.1. The van der Waals surface area contributed by atoms with E-state index >= 15 is 0 Å². The zero-order chi connectivity index (χ0) is 27.4. The molecule has 1 heterocycles. The number of carbonyl (C=O) groups excluding carboxylic acids is 1. The first-order valence-electron chi connectivity index (χ1n) is 11.5. The molecule has 2 aliphatic rings. The number of nitrogens with zero attached hydrogens (tertiary/aromatic N) is 2. The number of nitrogens with one attached hydrogen (secondary N) is 1. The standard InChI is InChI=1S/C13H11NO2.C7H9N3OS.2C5H5.Ti/c15-12-9-5-4-8-11(12)13(16)14-10-6-2-1-3-7-10;1-5(9-10-7(8)11)6-3-2-4-12-6;2*1-2-4-5-3-1;/h1-9,15H,(H,14,16);2-4H,1H3,(H3,8,10,11);2*1-5H;/q;;;;+4/p-2/b;9-5+;;;. The summed E-state index contributed by atoms with van der Waals surface area (Å²) in [7, 11) is 0. The number of nitrogens with two attached hydrogens (primary N) is 1. The summed E-state index contributed by atoms with van der Waals surface area (Å²) in [6.45, 7) is 1.78. The van der Waals surface area contributed by atoms with Crippen molar-refractivity contribution in [3.8, 4) is 5.75 Å². The number of hydrogen-bond acceptors (Lipinski definition) is 6. The summed E-state index contributed by atoms with van der Waals surface area (Å²) in [5.41, 5.74) is 6.32. The van der Waals surface area contributed by atoms with Crippen molar-refractivity contribution in [2.45, 2.75) is 6.92 Å². The Balaban J connectivity index is 0.000000288. The van der Waals surface area contributed by atoms with Gasteiger partial charge in [0.15, 0.2) is 0 Å². The Morgan fingerprint density at radius 2 is 1.28 bits per heavy atom.